The summed E-state index contributed by atoms with van der Waals surface area (Å²) in [6.07, 6.45) is 0. The van der Waals surface area contributed by atoms with Crippen molar-refractivity contribution in [3.05, 3.63) is 44.6 Å². The number of sulfonamides is 1. The van der Waals surface area contributed by atoms with Crippen molar-refractivity contribution in [1.29, 1.82) is 0 Å². The van der Waals surface area contributed by atoms with Gasteiger partial charge in [0.25, 0.3) is 15.9 Å². The highest BCUT2D eigenvalue weighted by atomic mass is 35.5. The van der Waals surface area contributed by atoms with E-state index in [0.717, 1.165) is 15.8 Å². The lowest BCUT2D eigenvalue weighted by molar-refractivity contribution is -0.0258. The Morgan fingerprint density at radius 2 is 1.87 bits per heavy atom. The number of halogens is 2. The molecular formula is C13H12Cl2N2O4S2. The molecule has 10 heteroatoms. The molecule has 0 aliphatic heterocycles. The number of hydroxylamine groups is 1. The third-order valence-electron chi connectivity index (χ3n) is 2.91. The van der Waals surface area contributed by atoms with Crippen LogP contribution in [0.25, 0.3) is 0 Å². The van der Waals surface area contributed by atoms with Crippen LogP contribution in [0.15, 0.2) is 35.2 Å². The molecule has 2 aromatic rings. The number of carbonyl (C=O) groups is 1. The van der Waals surface area contributed by atoms with Crippen LogP contribution in [-0.4, -0.2) is 33.0 Å². The van der Waals surface area contributed by atoms with E-state index in [4.69, 9.17) is 23.2 Å². The molecule has 0 radical (unpaired) electrons. The molecule has 1 heterocycles. The summed E-state index contributed by atoms with van der Waals surface area (Å²) in [5, 5.41) is 2.62. The van der Waals surface area contributed by atoms with E-state index in [1.165, 1.54) is 44.5 Å². The van der Waals surface area contributed by atoms with Crippen LogP contribution in [0.1, 0.15) is 10.4 Å². The highest BCUT2D eigenvalue weighted by molar-refractivity contribution is 7.89. The molecule has 0 aliphatic carbocycles. The van der Waals surface area contributed by atoms with Crippen LogP contribution in [0, 0.1) is 0 Å². The van der Waals surface area contributed by atoms with Gasteiger partial charge in [0.15, 0.2) is 0 Å². The van der Waals surface area contributed by atoms with Crippen LogP contribution >= 0.6 is 34.5 Å². The average molecular weight is 395 g/mol. The lowest BCUT2D eigenvalue weighted by Gasteiger charge is -2.14. The van der Waals surface area contributed by atoms with Crippen molar-refractivity contribution in [1.82, 2.24) is 4.47 Å². The number of thiophene rings is 1. The quantitative estimate of drug-likeness (QED) is 0.787. The molecule has 0 aliphatic rings. The smallest absolute Gasteiger partial charge is 0.264 e. The molecule has 0 atom stereocenters. The standard InChI is InChI=1S/C13H12Cl2N2O4S2/c1-17(21-2)23(19,20)9-5-3-8(4-6-9)16-13(18)10-7-11(14)22-12(10)15/h3-7H,1-2H3,(H,16,18). The maximum absolute atomic E-state index is 12.1. The Bertz CT molecular complexity index is 819. The van der Waals surface area contributed by atoms with Gasteiger partial charge in [-0.2, -0.15) is 0 Å². The number of anilines is 1. The lowest BCUT2D eigenvalue weighted by atomic mass is 10.3. The van der Waals surface area contributed by atoms with Crippen molar-refractivity contribution in [2.45, 2.75) is 4.90 Å². The van der Waals surface area contributed by atoms with Crippen molar-refractivity contribution in [3.63, 3.8) is 0 Å². The third kappa shape index (κ3) is 4.03. The average Bonchev–Trinajstić information content (AvgIpc) is 2.85. The molecule has 124 valence electrons. The summed E-state index contributed by atoms with van der Waals surface area (Å²) in [6, 6.07) is 7.13. The molecule has 1 aromatic heterocycles. The summed E-state index contributed by atoms with van der Waals surface area (Å²) >= 11 is 12.8. The van der Waals surface area contributed by atoms with E-state index < -0.39 is 15.9 Å². The minimum atomic E-state index is -3.73. The van der Waals surface area contributed by atoms with Crippen LogP contribution in [-0.2, 0) is 14.9 Å². The van der Waals surface area contributed by atoms with Crippen LogP contribution in [0.2, 0.25) is 8.67 Å². The maximum atomic E-state index is 12.1. The number of benzene rings is 1. The molecule has 2 rings (SSSR count). The van der Waals surface area contributed by atoms with Crippen molar-refractivity contribution >= 4 is 56.2 Å². The number of nitrogens with one attached hydrogen (secondary N) is 1. The fourth-order valence-electron chi connectivity index (χ4n) is 1.65. The Morgan fingerprint density at radius 1 is 1.26 bits per heavy atom. The van der Waals surface area contributed by atoms with Crippen LogP contribution in [0.3, 0.4) is 0 Å². The third-order valence-corrected chi connectivity index (χ3v) is 6.09. The Balaban J connectivity index is 2.18. The summed E-state index contributed by atoms with van der Waals surface area (Å²) in [4.78, 5) is 16.8. The molecule has 1 aromatic carbocycles. The van der Waals surface area contributed by atoms with Gasteiger partial charge in [0.2, 0.25) is 0 Å². The zero-order chi connectivity index (χ0) is 17.2. The summed E-state index contributed by atoms with van der Waals surface area (Å²) < 4.78 is 25.5. The summed E-state index contributed by atoms with van der Waals surface area (Å²) in [6.45, 7) is 0. The first-order valence-electron chi connectivity index (χ1n) is 6.15. The monoisotopic (exact) mass is 394 g/mol. The molecule has 0 spiro atoms. The molecule has 0 saturated heterocycles. The van der Waals surface area contributed by atoms with Gasteiger partial charge in [-0.05, 0) is 30.3 Å². The molecule has 6 nitrogen and oxygen atoms in total. The number of rotatable bonds is 5. The van der Waals surface area contributed by atoms with E-state index in [9.17, 15) is 13.2 Å². The maximum Gasteiger partial charge on any atom is 0.264 e. The van der Waals surface area contributed by atoms with Gasteiger partial charge in [0.1, 0.15) is 4.34 Å². The molecular weight excluding hydrogens is 383 g/mol. The number of nitrogens with zero attached hydrogens (tertiary/aromatic N) is 1. The van der Waals surface area contributed by atoms with E-state index >= 15 is 0 Å². The molecule has 0 saturated carbocycles. The number of carbonyl (C=O) groups excluding carboxylic acids is 1. The largest absolute Gasteiger partial charge is 0.322 e. The zero-order valence-corrected chi connectivity index (χ0v) is 15.2. The van der Waals surface area contributed by atoms with Crippen molar-refractivity contribution in [3.8, 4) is 0 Å². The van der Waals surface area contributed by atoms with E-state index in [2.05, 4.69) is 10.2 Å². The van der Waals surface area contributed by atoms with Gasteiger partial charge in [0.05, 0.1) is 21.9 Å². The molecule has 1 N–H and O–H groups in total. The minimum absolute atomic E-state index is 0.0384. The fraction of sp³-hybridized carbons (Fsp3) is 0.154. The molecule has 0 unspecified atom stereocenters. The second-order valence-electron chi connectivity index (χ2n) is 4.31. The molecule has 0 fully saturated rings. The van der Waals surface area contributed by atoms with Gasteiger partial charge in [-0.3, -0.25) is 9.63 Å². The number of hydrogen-bond donors (Lipinski definition) is 1. The van der Waals surface area contributed by atoms with Gasteiger partial charge in [-0.15, -0.1) is 11.3 Å². The van der Waals surface area contributed by atoms with Crippen molar-refractivity contribution < 1.29 is 18.0 Å². The van der Waals surface area contributed by atoms with E-state index in [0.29, 0.717) is 10.0 Å². The van der Waals surface area contributed by atoms with Gasteiger partial charge in [0, 0.05) is 12.7 Å². The number of hydrogen-bond acceptors (Lipinski definition) is 5. The first-order chi connectivity index (χ1) is 10.8. The minimum Gasteiger partial charge on any atom is -0.322 e. The second-order valence-corrected chi connectivity index (χ2v) is 8.54. The van der Waals surface area contributed by atoms with Gasteiger partial charge < -0.3 is 5.32 Å². The second kappa shape index (κ2) is 7.16. The highest BCUT2D eigenvalue weighted by Gasteiger charge is 2.21. The Kier molecular flexibility index (Phi) is 5.66. The Morgan fingerprint density at radius 3 is 2.35 bits per heavy atom. The lowest BCUT2D eigenvalue weighted by Crippen LogP contribution is -2.25. The topological polar surface area (TPSA) is 75.7 Å². The predicted molar refractivity (Wildman–Crippen MR) is 90.7 cm³/mol. The number of amides is 1. The molecule has 1 amide bonds. The first kappa shape index (κ1) is 18.2. The van der Waals surface area contributed by atoms with Crippen LogP contribution < -0.4 is 5.32 Å². The summed E-state index contributed by atoms with van der Waals surface area (Å²) in [5.74, 6) is -0.428. The van der Waals surface area contributed by atoms with Crippen LogP contribution in [0.5, 0.6) is 0 Å². The van der Waals surface area contributed by atoms with Crippen molar-refractivity contribution in [2.24, 2.45) is 0 Å². The zero-order valence-electron chi connectivity index (χ0n) is 12.0. The van der Waals surface area contributed by atoms with Gasteiger partial charge in [-0.1, -0.05) is 27.7 Å². The summed E-state index contributed by atoms with van der Waals surface area (Å²) in [5.41, 5.74) is 0.685. The van der Waals surface area contributed by atoms with Gasteiger partial charge >= 0.3 is 0 Å². The van der Waals surface area contributed by atoms with Gasteiger partial charge in [-0.25, -0.2) is 8.42 Å². The predicted octanol–water partition coefficient (Wildman–Crippen LogP) is 3.49. The Labute approximate surface area is 147 Å². The van der Waals surface area contributed by atoms with E-state index in [1.807, 2.05) is 0 Å². The highest BCUT2D eigenvalue weighted by Crippen LogP contribution is 2.31. The SMILES string of the molecule is CON(C)S(=O)(=O)c1ccc(NC(=O)c2cc(Cl)sc2Cl)cc1. The fourth-order valence-corrected chi connectivity index (χ4v) is 4.08. The molecule has 23 heavy (non-hydrogen) atoms. The van der Waals surface area contributed by atoms with E-state index in [1.54, 1.807) is 0 Å². The molecule has 0 bridgehead atoms. The van der Waals surface area contributed by atoms with Crippen LogP contribution in [0.4, 0.5) is 5.69 Å². The van der Waals surface area contributed by atoms with E-state index in [-0.39, 0.29) is 14.8 Å². The normalized spacial score (nSPS) is 11.7. The summed E-state index contributed by atoms with van der Waals surface area (Å²) in [7, 11) is -1.19. The Hall–Kier alpha value is -1.16. The van der Waals surface area contributed by atoms with Crippen molar-refractivity contribution in [2.75, 3.05) is 19.5 Å². The first-order valence-corrected chi connectivity index (χ1v) is 9.16.